The molecule has 1 aromatic carbocycles. The summed E-state index contributed by atoms with van der Waals surface area (Å²) in [6.07, 6.45) is 2.07. The van der Waals surface area contributed by atoms with Gasteiger partial charge in [0.05, 0.1) is 24.6 Å². The molecule has 19 heavy (non-hydrogen) atoms. The van der Waals surface area contributed by atoms with Crippen LogP contribution in [0, 0.1) is 0 Å². The summed E-state index contributed by atoms with van der Waals surface area (Å²) in [4.78, 5) is 3.55. The van der Waals surface area contributed by atoms with Crippen molar-refractivity contribution < 1.29 is 4.74 Å². The van der Waals surface area contributed by atoms with E-state index in [-0.39, 0.29) is 0 Å². The minimum Gasteiger partial charge on any atom is -0.378 e. The zero-order valence-corrected chi connectivity index (χ0v) is 12.9. The van der Waals surface area contributed by atoms with Gasteiger partial charge in [0.25, 0.3) is 0 Å². The summed E-state index contributed by atoms with van der Waals surface area (Å²) >= 11 is 6.93. The van der Waals surface area contributed by atoms with Crippen LogP contribution in [0.5, 0.6) is 0 Å². The summed E-state index contributed by atoms with van der Waals surface area (Å²) in [6, 6.07) is 6.43. The second kappa shape index (κ2) is 6.98. The molecule has 2 N–H and O–H groups in total. The first kappa shape index (κ1) is 14.4. The summed E-state index contributed by atoms with van der Waals surface area (Å²) in [5.41, 5.74) is 2.23. The first-order valence-electron chi connectivity index (χ1n) is 6.24. The van der Waals surface area contributed by atoms with Gasteiger partial charge >= 0.3 is 0 Å². The minimum atomic E-state index is 0.632. The lowest BCUT2D eigenvalue weighted by Gasteiger charge is -2.31. The smallest absolute Gasteiger partial charge is 0.170 e. The van der Waals surface area contributed by atoms with E-state index < -0.39 is 0 Å². The van der Waals surface area contributed by atoms with Crippen LogP contribution in [-0.2, 0) is 4.74 Å². The van der Waals surface area contributed by atoms with Crippen molar-refractivity contribution in [3.05, 3.63) is 18.2 Å². The van der Waals surface area contributed by atoms with Crippen molar-refractivity contribution in [2.45, 2.75) is 4.90 Å². The van der Waals surface area contributed by atoms with E-state index >= 15 is 0 Å². The predicted octanol–water partition coefficient (Wildman–Crippen LogP) is 2.16. The molecule has 0 bridgehead atoms. The number of thioether (sulfide) groups is 1. The number of ether oxygens (including phenoxy) is 1. The zero-order chi connectivity index (χ0) is 13.7. The topological polar surface area (TPSA) is 36.5 Å². The molecule has 0 atom stereocenters. The Labute approximate surface area is 123 Å². The molecule has 0 amide bonds. The molecular formula is C13H19N3OS2. The number of morpholine rings is 1. The lowest BCUT2D eigenvalue weighted by atomic mass is 10.2. The summed E-state index contributed by atoms with van der Waals surface area (Å²) in [7, 11) is 1.82. The van der Waals surface area contributed by atoms with E-state index in [2.05, 4.69) is 40.0 Å². The Balaban J connectivity index is 2.26. The highest BCUT2D eigenvalue weighted by molar-refractivity contribution is 7.98. The summed E-state index contributed by atoms with van der Waals surface area (Å²) in [6.45, 7) is 3.39. The Morgan fingerprint density at radius 2 is 2.11 bits per heavy atom. The molecule has 1 aliphatic rings. The summed E-state index contributed by atoms with van der Waals surface area (Å²) in [5.74, 6) is 0. The third-order valence-electron chi connectivity index (χ3n) is 3.03. The van der Waals surface area contributed by atoms with Crippen LogP contribution in [-0.4, -0.2) is 44.7 Å². The van der Waals surface area contributed by atoms with Gasteiger partial charge in [-0.25, -0.2) is 0 Å². The molecule has 0 saturated carbocycles. The number of nitrogens with one attached hydrogen (secondary N) is 2. The minimum absolute atomic E-state index is 0.632. The highest BCUT2D eigenvalue weighted by Crippen LogP contribution is 2.31. The van der Waals surface area contributed by atoms with Crippen LogP contribution < -0.4 is 15.5 Å². The van der Waals surface area contributed by atoms with Crippen molar-refractivity contribution in [3.63, 3.8) is 0 Å². The average molecular weight is 297 g/mol. The zero-order valence-electron chi connectivity index (χ0n) is 11.2. The Morgan fingerprint density at radius 3 is 2.74 bits per heavy atom. The standard InChI is InChI=1S/C13H19N3OS2/c1-14-13(18)15-11-9-10(19-2)3-4-12(11)16-5-7-17-8-6-16/h3-4,9H,5-8H2,1-2H3,(H2,14,15,18). The molecular weight excluding hydrogens is 278 g/mol. The maximum absolute atomic E-state index is 5.40. The number of rotatable bonds is 3. The Hall–Kier alpha value is -0.980. The lowest BCUT2D eigenvalue weighted by Crippen LogP contribution is -2.37. The van der Waals surface area contributed by atoms with Gasteiger partial charge in [0.2, 0.25) is 0 Å². The van der Waals surface area contributed by atoms with Crippen LogP contribution in [0.2, 0.25) is 0 Å². The first-order chi connectivity index (χ1) is 9.24. The monoisotopic (exact) mass is 297 g/mol. The van der Waals surface area contributed by atoms with Crippen molar-refractivity contribution in [1.82, 2.24) is 5.32 Å². The fourth-order valence-electron chi connectivity index (χ4n) is 2.01. The quantitative estimate of drug-likeness (QED) is 0.658. The third kappa shape index (κ3) is 3.75. The van der Waals surface area contributed by atoms with Gasteiger partial charge < -0.3 is 20.3 Å². The fraction of sp³-hybridized carbons (Fsp3) is 0.462. The van der Waals surface area contributed by atoms with E-state index in [1.165, 1.54) is 10.6 Å². The van der Waals surface area contributed by atoms with E-state index in [0.29, 0.717) is 5.11 Å². The molecule has 0 unspecified atom stereocenters. The normalized spacial score (nSPS) is 15.2. The number of nitrogens with zero attached hydrogens (tertiary/aromatic N) is 1. The maximum atomic E-state index is 5.40. The molecule has 6 heteroatoms. The number of anilines is 2. The molecule has 104 valence electrons. The Bertz CT molecular complexity index is 448. The van der Waals surface area contributed by atoms with Gasteiger partial charge in [-0.1, -0.05) is 0 Å². The molecule has 0 aromatic heterocycles. The second-order valence-electron chi connectivity index (χ2n) is 4.19. The van der Waals surface area contributed by atoms with Crippen LogP contribution in [0.15, 0.2) is 23.1 Å². The number of thiocarbonyl (C=S) groups is 1. The molecule has 2 rings (SSSR count). The van der Waals surface area contributed by atoms with Crippen LogP contribution in [0.25, 0.3) is 0 Å². The van der Waals surface area contributed by atoms with Crippen LogP contribution in [0.4, 0.5) is 11.4 Å². The van der Waals surface area contributed by atoms with Crippen molar-refractivity contribution in [2.75, 3.05) is 49.8 Å². The number of hydrogen-bond donors (Lipinski definition) is 2. The van der Waals surface area contributed by atoms with Crippen molar-refractivity contribution in [2.24, 2.45) is 0 Å². The Morgan fingerprint density at radius 1 is 1.37 bits per heavy atom. The molecule has 4 nitrogen and oxygen atoms in total. The van der Waals surface area contributed by atoms with Crippen LogP contribution >= 0.6 is 24.0 Å². The van der Waals surface area contributed by atoms with Crippen molar-refractivity contribution in [1.29, 1.82) is 0 Å². The third-order valence-corrected chi connectivity index (χ3v) is 4.06. The van der Waals surface area contributed by atoms with E-state index in [0.717, 1.165) is 32.0 Å². The molecule has 1 aromatic rings. The van der Waals surface area contributed by atoms with E-state index in [9.17, 15) is 0 Å². The van der Waals surface area contributed by atoms with Crippen molar-refractivity contribution in [3.8, 4) is 0 Å². The van der Waals surface area contributed by atoms with E-state index in [4.69, 9.17) is 17.0 Å². The molecule has 0 radical (unpaired) electrons. The maximum Gasteiger partial charge on any atom is 0.170 e. The molecule has 0 spiro atoms. The fourth-order valence-corrected chi connectivity index (χ4v) is 2.56. The van der Waals surface area contributed by atoms with Gasteiger partial charge in [-0.3, -0.25) is 0 Å². The van der Waals surface area contributed by atoms with Gasteiger partial charge in [-0.2, -0.15) is 0 Å². The molecule has 1 aliphatic heterocycles. The van der Waals surface area contributed by atoms with Gasteiger partial charge in [0, 0.05) is 25.0 Å². The average Bonchev–Trinajstić information content (AvgIpc) is 2.48. The first-order valence-corrected chi connectivity index (χ1v) is 7.87. The van der Waals surface area contributed by atoms with E-state index in [1.807, 2.05) is 7.05 Å². The largest absolute Gasteiger partial charge is 0.378 e. The number of hydrogen-bond acceptors (Lipinski definition) is 4. The van der Waals surface area contributed by atoms with Gasteiger partial charge in [0.15, 0.2) is 5.11 Å². The van der Waals surface area contributed by atoms with Crippen LogP contribution in [0.3, 0.4) is 0 Å². The van der Waals surface area contributed by atoms with Gasteiger partial charge in [-0.05, 0) is 36.7 Å². The van der Waals surface area contributed by atoms with Gasteiger partial charge in [0.1, 0.15) is 0 Å². The highest BCUT2D eigenvalue weighted by Gasteiger charge is 2.15. The Kier molecular flexibility index (Phi) is 5.30. The summed E-state index contributed by atoms with van der Waals surface area (Å²) in [5, 5.41) is 6.84. The molecule has 1 saturated heterocycles. The molecule has 0 aliphatic carbocycles. The molecule has 1 heterocycles. The second-order valence-corrected chi connectivity index (χ2v) is 5.47. The lowest BCUT2D eigenvalue weighted by molar-refractivity contribution is 0.123. The number of benzene rings is 1. The van der Waals surface area contributed by atoms with Gasteiger partial charge in [-0.15, -0.1) is 11.8 Å². The highest BCUT2D eigenvalue weighted by atomic mass is 32.2. The predicted molar refractivity (Wildman–Crippen MR) is 86.5 cm³/mol. The SMILES string of the molecule is CNC(=S)Nc1cc(SC)ccc1N1CCOCC1. The molecule has 1 fully saturated rings. The van der Waals surface area contributed by atoms with Crippen molar-refractivity contribution >= 4 is 40.5 Å². The van der Waals surface area contributed by atoms with E-state index in [1.54, 1.807) is 11.8 Å². The van der Waals surface area contributed by atoms with Crippen LogP contribution in [0.1, 0.15) is 0 Å². The summed E-state index contributed by atoms with van der Waals surface area (Å²) < 4.78 is 5.40.